The molecule has 0 aromatic heterocycles. The van der Waals surface area contributed by atoms with Gasteiger partial charge in [0.05, 0.1) is 0 Å². The van der Waals surface area contributed by atoms with Gasteiger partial charge in [-0.1, -0.05) is 76.8 Å². The largest absolute Gasteiger partial charge is 0.508 e. The van der Waals surface area contributed by atoms with Crippen LogP contribution in [0.1, 0.15) is 87.1 Å². The van der Waals surface area contributed by atoms with Gasteiger partial charge in [0.25, 0.3) is 5.91 Å². The first-order chi connectivity index (χ1) is 13.7. The van der Waals surface area contributed by atoms with E-state index >= 15 is 0 Å². The van der Waals surface area contributed by atoms with E-state index in [-0.39, 0.29) is 11.7 Å². The van der Waals surface area contributed by atoms with Crippen molar-refractivity contribution in [1.29, 1.82) is 0 Å². The number of carbonyl (C=O) groups is 1. The standard InChI is InChI=1S/C25H35NO2/c1-2-3-4-5-6-7-8-9-10-11-12-21-13-15-22(16-14-21)25(28)26-23-17-19-24(27)20-18-23/h13-20,27H,2-12H2,1H3,(H,26,28). The molecule has 0 unspecified atom stereocenters. The van der Waals surface area contributed by atoms with Gasteiger partial charge in [-0.25, -0.2) is 0 Å². The molecule has 0 aliphatic rings. The summed E-state index contributed by atoms with van der Waals surface area (Å²) in [5, 5.41) is 12.1. The van der Waals surface area contributed by atoms with E-state index in [9.17, 15) is 9.90 Å². The van der Waals surface area contributed by atoms with Gasteiger partial charge in [-0.15, -0.1) is 0 Å². The smallest absolute Gasteiger partial charge is 0.255 e. The van der Waals surface area contributed by atoms with Crippen LogP contribution in [0.25, 0.3) is 0 Å². The van der Waals surface area contributed by atoms with Gasteiger partial charge in [-0.05, 0) is 54.8 Å². The molecule has 0 fully saturated rings. The van der Waals surface area contributed by atoms with Crippen LogP contribution in [0.3, 0.4) is 0 Å². The van der Waals surface area contributed by atoms with E-state index in [1.165, 1.54) is 69.8 Å². The predicted molar refractivity (Wildman–Crippen MR) is 118 cm³/mol. The van der Waals surface area contributed by atoms with E-state index in [2.05, 4.69) is 24.4 Å². The number of unbranched alkanes of at least 4 members (excludes halogenated alkanes) is 9. The molecular weight excluding hydrogens is 346 g/mol. The summed E-state index contributed by atoms with van der Waals surface area (Å²) in [7, 11) is 0. The number of benzene rings is 2. The molecule has 152 valence electrons. The molecule has 0 atom stereocenters. The molecule has 0 saturated carbocycles. The van der Waals surface area contributed by atoms with Crippen molar-refractivity contribution in [3.63, 3.8) is 0 Å². The minimum Gasteiger partial charge on any atom is -0.508 e. The number of rotatable bonds is 13. The first-order valence-electron chi connectivity index (χ1n) is 10.9. The Balaban J connectivity index is 1.60. The number of anilines is 1. The molecule has 2 aromatic carbocycles. The molecule has 0 aliphatic heterocycles. The number of phenolic OH excluding ortho intramolecular Hbond substituents is 1. The van der Waals surface area contributed by atoms with Crippen LogP contribution in [0, 0.1) is 0 Å². The zero-order valence-electron chi connectivity index (χ0n) is 17.3. The van der Waals surface area contributed by atoms with Gasteiger partial charge < -0.3 is 10.4 Å². The zero-order chi connectivity index (χ0) is 20.0. The number of aryl methyl sites for hydroxylation is 1. The summed E-state index contributed by atoms with van der Waals surface area (Å²) in [6.45, 7) is 2.26. The van der Waals surface area contributed by atoms with Crippen molar-refractivity contribution in [2.45, 2.75) is 77.6 Å². The third-order valence-electron chi connectivity index (χ3n) is 5.16. The van der Waals surface area contributed by atoms with E-state index in [0.717, 1.165) is 6.42 Å². The highest BCUT2D eigenvalue weighted by Crippen LogP contribution is 2.16. The molecule has 2 aromatic rings. The lowest BCUT2D eigenvalue weighted by Crippen LogP contribution is -2.11. The number of aromatic hydroxyl groups is 1. The number of nitrogens with one attached hydrogen (secondary N) is 1. The first kappa shape index (κ1) is 22.0. The van der Waals surface area contributed by atoms with Gasteiger partial charge >= 0.3 is 0 Å². The fourth-order valence-electron chi connectivity index (χ4n) is 3.39. The molecule has 0 aliphatic carbocycles. The summed E-state index contributed by atoms with van der Waals surface area (Å²) in [5.74, 6) is 0.0607. The van der Waals surface area contributed by atoms with E-state index < -0.39 is 0 Å². The van der Waals surface area contributed by atoms with Crippen LogP contribution in [0.5, 0.6) is 5.75 Å². The van der Waals surface area contributed by atoms with Gasteiger partial charge in [0.2, 0.25) is 0 Å². The number of phenols is 1. The summed E-state index contributed by atoms with van der Waals surface area (Å²) in [6.07, 6.45) is 14.6. The highest BCUT2D eigenvalue weighted by atomic mass is 16.3. The molecule has 3 heteroatoms. The van der Waals surface area contributed by atoms with Crippen molar-refractivity contribution < 1.29 is 9.90 Å². The number of carbonyl (C=O) groups excluding carboxylic acids is 1. The number of hydrogen-bond donors (Lipinski definition) is 2. The SMILES string of the molecule is CCCCCCCCCCCCc1ccc(C(=O)Nc2ccc(O)cc2)cc1. The van der Waals surface area contributed by atoms with Crippen LogP contribution < -0.4 is 5.32 Å². The Hall–Kier alpha value is -2.29. The average molecular weight is 382 g/mol. The Morgan fingerprint density at radius 3 is 1.86 bits per heavy atom. The van der Waals surface area contributed by atoms with Gasteiger partial charge in [0.1, 0.15) is 5.75 Å². The minimum absolute atomic E-state index is 0.129. The van der Waals surface area contributed by atoms with E-state index in [4.69, 9.17) is 0 Å². The molecule has 3 nitrogen and oxygen atoms in total. The molecule has 28 heavy (non-hydrogen) atoms. The molecule has 0 radical (unpaired) electrons. The second-order valence-corrected chi connectivity index (χ2v) is 7.63. The molecule has 0 heterocycles. The Labute approximate surface area is 170 Å². The maximum Gasteiger partial charge on any atom is 0.255 e. The van der Waals surface area contributed by atoms with Crippen LogP contribution in [0.4, 0.5) is 5.69 Å². The van der Waals surface area contributed by atoms with Gasteiger partial charge in [0.15, 0.2) is 0 Å². The molecule has 2 rings (SSSR count). The van der Waals surface area contributed by atoms with Gasteiger partial charge in [-0.2, -0.15) is 0 Å². The van der Waals surface area contributed by atoms with Crippen molar-refractivity contribution in [3.8, 4) is 5.75 Å². The molecular formula is C25H35NO2. The van der Waals surface area contributed by atoms with Crippen molar-refractivity contribution in [2.24, 2.45) is 0 Å². The first-order valence-corrected chi connectivity index (χ1v) is 10.9. The Morgan fingerprint density at radius 1 is 0.750 bits per heavy atom. The monoisotopic (exact) mass is 381 g/mol. The number of hydrogen-bond acceptors (Lipinski definition) is 2. The minimum atomic E-state index is -0.129. The van der Waals surface area contributed by atoms with Crippen molar-refractivity contribution in [3.05, 3.63) is 59.7 Å². The van der Waals surface area contributed by atoms with Crippen LogP contribution >= 0.6 is 0 Å². The average Bonchev–Trinajstić information content (AvgIpc) is 2.71. The second-order valence-electron chi connectivity index (χ2n) is 7.63. The van der Waals surface area contributed by atoms with Crippen molar-refractivity contribution >= 4 is 11.6 Å². The number of amides is 1. The summed E-state index contributed by atoms with van der Waals surface area (Å²) in [4.78, 5) is 12.3. The highest BCUT2D eigenvalue weighted by molar-refractivity contribution is 6.04. The van der Waals surface area contributed by atoms with Crippen molar-refractivity contribution in [1.82, 2.24) is 0 Å². The summed E-state index contributed by atoms with van der Waals surface area (Å²) in [6, 6.07) is 14.4. The van der Waals surface area contributed by atoms with Crippen LogP contribution in [-0.4, -0.2) is 11.0 Å². The zero-order valence-corrected chi connectivity index (χ0v) is 17.3. The van der Waals surface area contributed by atoms with E-state index in [1.807, 2.05) is 12.1 Å². The topological polar surface area (TPSA) is 49.3 Å². The molecule has 1 amide bonds. The summed E-state index contributed by atoms with van der Waals surface area (Å²) >= 11 is 0. The lowest BCUT2D eigenvalue weighted by Gasteiger charge is -2.07. The fraction of sp³-hybridized carbons (Fsp3) is 0.480. The molecule has 0 saturated heterocycles. The summed E-state index contributed by atoms with van der Waals surface area (Å²) < 4.78 is 0. The highest BCUT2D eigenvalue weighted by Gasteiger charge is 2.06. The van der Waals surface area contributed by atoms with Crippen LogP contribution in [0.15, 0.2) is 48.5 Å². The normalized spacial score (nSPS) is 10.8. The van der Waals surface area contributed by atoms with Gasteiger partial charge in [-0.3, -0.25) is 4.79 Å². The van der Waals surface area contributed by atoms with Crippen LogP contribution in [0.2, 0.25) is 0 Å². The molecule has 0 bridgehead atoms. The van der Waals surface area contributed by atoms with Crippen LogP contribution in [-0.2, 0) is 6.42 Å². The second kappa shape index (κ2) is 13.0. The summed E-state index contributed by atoms with van der Waals surface area (Å²) in [5.41, 5.74) is 2.62. The quantitative estimate of drug-likeness (QED) is 0.287. The third kappa shape index (κ3) is 8.60. The Morgan fingerprint density at radius 2 is 1.29 bits per heavy atom. The lowest BCUT2D eigenvalue weighted by atomic mass is 10.0. The molecule has 0 spiro atoms. The fourth-order valence-corrected chi connectivity index (χ4v) is 3.39. The third-order valence-corrected chi connectivity index (χ3v) is 5.16. The Kier molecular flexibility index (Phi) is 10.2. The maximum atomic E-state index is 12.3. The van der Waals surface area contributed by atoms with Crippen molar-refractivity contribution in [2.75, 3.05) is 5.32 Å². The Bertz CT molecular complexity index is 677. The lowest BCUT2D eigenvalue weighted by molar-refractivity contribution is 0.102. The predicted octanol–water partition coefficient (Wildman–Crippen LogP) is 7.11. The molecule has 2 N–H and O–H groups in total. The van der Waals surface area contributed by atoms with E-state index in [1.54, 1.807) is 24.3 Å². The van der Waals surface area contributed by atoms with E-state index in [0.29, 0.717) is 11.3 Å². The van der Waals surface area contributed by atoms with Gasteiger partial charge in [0, 0.05) is 11.3 Å². The maximum absolute atomic E-state index is 12.3.